The summed E-state index contributed by atoms with van der Waals surface area (Å²) in [5.41, 5.74) is 4.36. The number of ether oxygens (including phenoxy) is 4. The van der Waals surface area contributed by atoms with Crippen molar-refractivity contribution in [1.82, 2.24) is 5.43 Å². The van der Waals surface area contributed by atoms with Crippen LogP contribution in [0.3, 0.4) is 0 Å². The standard InChI is InChI=1S/C22H23N3O6/c1-4-28-16-7-5-14(6-8-16)11-23-24-22(26)19-13(2)20(31-25-19)15-9-17(27-3)21-18(10-15)29-12-30-21/h5-11,13,20H,4,12H2,1-3H3,(H,24,26). The molecule has 2 aliphatic heterocycles. The molecule has 31 heavy (non-hydrogen) atoms. The Morgan fingerprint density at radius 2 is 2.10 bits per heavy atom. The SMILES string of the molecule is CCOc1ccc(C=NNC(=O)C2=NOC(c3cc(OC)c4c(c3)OCO4)C2C)cc1. The van der Waals surface area contributed by atoms with Gasteiger partial charge in [0.15, 0.2) is 23.3 Å². The zero-order valence-electron chi connectivity index (χ0n) is 17.5. The molecule has 2 aromatic carbocycles. The molecule has 2 aromatic rings. The molecule has 1 amide bonds. The number of hydrogen-bond acceptors (Lipinski definition) is 8. The van der Waals surface area contributed by atoms with Crippen LogP contribution in [0, 0.1) is 5.92 Å². The van der Waals surface area contributed by atoms with Crippen LogP contribution in [-0.4, -0.2) is 38.3 Å². The predicted molar refractivity (Wildman–Crippen MR) is 113 cm³/mol. The van der Waals surface area contributed by atoms with Gasteiger partial charge in [-0.1, -0.05) is 12.1 Å². The molecule has 0 saturated heterocycles. The maximum Gasteiger partial charge on any atom is 0.289 e. The van der Waals surface area contributed by atoms with E-state index in [2.05, 4.69) is 15.7 Å². The number of hydrazone groups is 1. The van der Waals surface area contributed by atoms with Crippen LogP contribution in [-0.2, 0) is 9.63 Å². The highest BCUT2D eigenvalue weighted by molar-refractivity contribution is 6.39. The Morgan fingerprint density at radius 1 is 1.29 bits per heavy atom. The van der Waals surface area contributed by atoms with Gasteiger partial charge in [-0.2, -0.15) is 5.10 Å². The molecule has 2 aliphatic rings. The van der Waals surface area contributed by atoms with Crippen LogP contribution >= 0.6 is 0 Å². The summed E-state index contributed by atoms with van der Waals surface area (Å²) in [5, 5.41) is 7.99. The number of nitrogens with one attached hydrogen (secondary N) is 1. The summed E-state index contributed by atoms with van der Waals surface area (Å²) in [6, 6.07) is 11.0. The van der Waals surface area contributed by atoms with Crippen LogP contribution in [0.15, 0.2) is 46.7 Å². The maximum atomic E-state index is 12.5. The van der Waals surface area contributed by atoms with Gasteiger partial charge < -0.3 is 23.8 Å². The topological polar surface area (TPSA) is 100.0 Å². The largest absolute Gasteiger partial charge is 0.494 e. The third-order valence-electron chi connectivity index (χ3n) is 4.96. The number of carbonyl (C=O) groups excluding carboxylic acids is 1. The van der Waals surface area contributed by atoms with Gasteiger partial charge in [-0.25, -0.2) is 5.43 Å². The number of amides is 1. The van der Waals surface area contributed by atoms with E-state index in [0.717, 1.165) is 16.9 Å². The molecule has 0 radical (unpaired) electrons. The minimum atomic E-state index is -0.459. The fourth-order valence-corrected chi connectivity index (χ4v) is 3.38. The van der Waals surface area contributed by atoms with Crippen molar-refractivity contribution >= 4 is 17.8 Å². The van der Waals surface area contributed by atoms with E-state index in [9.17, 15) is 4.79 Å². The van der Waals surface area contributed by atoms with Crippen molar-refractivity contribution in [2.75, 3.05) is 20.5 Å². The van der Waals surface area contributed by atoms with E-state index in [4.69, 9.17) is 23.8 Å². The fourth-order valence-electron chi connectivity index (χ4n) is 3.38. The molecule has 0 fully saturated rings. The molecule has 9 nitrogen and oxygen atoms in total. The molecule has 4 rings (SSSR count). The van der Waals surface area contributed by atoms with Crippen molar-refractivity contribution in [2.24, 2.45) is 16.2 Å². The lowest BCUT2D eigenvalue weighted by molar-refractivity contribution is -0.115. The second kappa shape index (κ2) is 8.95. The average molecular weight is 425 g/mol. The van der Waals surface area contributed by atoms with Gasteiger partial charge in [0.2, 0.25) is 12.5 Å². The lowest BCUT2D eigenvalue weighted by Crippen LogP contribution is -2.31. The molecule has 9 heteroatoms. The Hall–Kier alpha value is -3.75. The highest BCUT2D eigenvalue weighted by Crippen LogP contribution is 2.45. The Morgan fingerprint density at radius 3 is 2.84 bits per heavy atom. The Labute approximate surface area is 179 Å². The lowest BCUT2D eigenvalue weighted by Gasteiger charge is -2.16. The molecule has 2 heterocycles. The van der Waals surface area contributed by atoms with Crippen molar-refractivity contribution in [2.45, 2.75) is 20.0 Å². The van der Waals surface area contributed by atoms with E-state index < -0.39 is 12.0 Å². The first-order valence-corrected chi connectivity index (χ1v) is 9.88. The first kappa shape index (κ1) is 20.5. The van der Waals surface area contributed by atoms with Gasteiger partial charge in [-0.3, -0.25) is 4.79 Å². The number of fused-ring (bicyclic) bond motifs is 1. The number of oxime groups is 1. The Kier molecular flexibility index (Phi) is 5.92. The average Bonchev–Trinajstić information content (AvgIpc) is 3.41. The monoisotopic (exact) mass is 425 g/mol. The molecule has 0 bridgehead atoms. The summed E-state index contributed by atoms with van der Waals surface area (Å²) < 4.78 is 21.7. The third kappa shape index (κ3) is 4.25. The van der Waals surface area contributed by atoms with E-state index >= 15 is 0 Å². The van der Waals surface area contributed by atoms with Gasteiger partial charge in [0.05, 0.1) is 25.8 Å². The first-order valence-electron chi connectivity index (χ1n) is 9.88. The van der Waals surface area contributed by atoms with Crippen LogP contribution in [0.4, 0.5) is 0 Å². The van der Waals surface area contributed by atoms with E-state index in [-0.39, 0.29) is 18.4 Å². The normalized spacial score (nSPS) is 19.1. The maximum absolute atomic E-state index is 12.5. The summed E-state index contributed by atoms with van der Waals surface area (Å²) in [6.45, 7) is 4.52. The van der Waals surface area contributed by atoms with Gasteiger partial charge in [0, 0.05) is 5.56 Å². The number of nitrogens with zero attached hydrogens (tertiary/aromatic N) is 2. The quantitative estimate of drug-likeness (QED) is 0.541. The zero-order chi connectivity index (χ0) is 21.8. The van der Waals surface area contributed by atoms with Crippen molar-refractivity contribution in [1.29, 1.82) is 0 Å². The third-order valence-corrected chi connectivity index (χ3v) is 4.96. The highest BCUT2D eigenvalue weighted by atomic mass is 16.7. The van der Waals surface area contributed by atoms with Gasteiger partial charge in [0.1, 0.15) is 5.75 Å². The van der Waals surface area contributed by atoms with E-state index in [1.165, 1.54) is 0 Å². The summed E-state index contributed by atoms with van der Waals surface area (Å²) >= 11 is 0. The molecule has 1 N–H and O–H groups in total. The van der Waals surface area contributed by atoms with Gasteiger partial charge in [-0.15, -0.1) is 0 Å². The van der Waals surface area contributed by atoms with Gasteiger partial charge >= 0.3 is 0 Å². The highest BCUT2D eigenvalue weighted by Gasteiger charge is 2.37. The molecule has 0 spiro atoms. The van der Waals surface area contributed by atoms with Gasteiger partial charge in [0.25, 0.3) is 5.91 Å². The number of rotatable bonds is 7. The van der Waals surface area contributed by atoms with Gasteiger partial charge in [-0.05, 0) is 48.9 Å². The Bertz CT molecular complexity index is 1020. The molecule has 162 valence electrons. The summed E-state index contributed by atoms with van der Waals surface area (Å²) in [4.78, 5) is 18.1. The van der Waals surface area contributed by atoms with E-state index in [1.807, 2.05) is 44.2 Å². The lowest BCUT2D eigenvalue weighted by atomic mass is 9.93. The van der Waals surface area contributed by atoms with Crippen molar-refractivity contribution in [3.05, 3.63) is 47.5 Å². The first-order chi connectivity index (χ1) is 15.1. The Balaban J connectivity index is 1.39. The molecule has 0 aliphatic carbocycles. The van der Waals surface area contributed by atoms with Crippen LogP contribution in [0.5, 0.6) is 23.0 Å². The summed E-state index contributed by atoms with van der Waals surface area (Å²) in [7, 11) is 1.55. The fraction of sp³-hybridized carbons (Fsp3) is 0.318. The summed E-state index contributed by atoms with van der Waals surface area (Å²) in [6.07, 6.45) is 1.09. The van der Waals surface area contributed by atoms with Crippen LogP contribution in [0.1, 0.15) is 31.1 Å². The molecular formula is C22H23N3O6. The molecular weight excluding hydrogens is 402 g/mol. The summed E-state index contributed by atoms with van der Waals surface area (Å²) in [5.74, 6) is 1.72. The van der Waals surface area contributed by atoms with E-state index in [0.29, 0.717) is 23.9 Å². The van der Waals surface area contributed by atoms with E-state index in [1.54, 1.807) is 19.4 Å². The molecule has 2 unspecified atom stereocenters. The van der Waals surface area contributed by atoms with Crippen LogP contribution in [0.25, 0.3) is 0 Å². The zero-order valence-corrected chi connectivity index (χ0v) is 17.5. The minimum absolute atomic E-state index is 0.132. The predicted octanol–water partition coefficient (Wildman–Crippen LogP) is 3.04. The van der Waals surface area contributed by atoms with Crippen molar-refractivity contribution in [3.63, 3.8) is 0 Å². The minimum Gasteiger partial charge on any atom is -0.494 e. The number of carbonyl (C=O) groups is 1. The molecule has 2 atom stereocenters. The second-order valence-electron chi connectivity index (χ2n) is 6.95. The van der Waals surface area contributed by atoms with Crippen molar-refractivity contribution in [3.8, 4) is 23.0 Å². The van der Waals surface area contributed by atoms with Crippen molar-refractivity contribution < 1.29 is 28.6 Å². The number of benzene rings is 2. The molecule has 0 aromatic heterocycles. The second-order valence-corrected chi connectivity index (χ2v) is 6.95. The van der Waals surface area contributed by atoms with Crippen LogP contribution < -0.4 is 24.4 Å². The molecule has 0 saturated carbocycles. The smallest absolute Gasteiger partial charge is 0.289 e. The number of hydrogen-bond donors (Lipinski definition) is 1. The van der Waals surface area contributed by atoms with Crippen LogP contribution in [0.2, 0.25) is 0 Å². The number of methoxy groups -OCH3 is 1.